The van der Waals surface area contributed by atoms with Crippen LogP contribution in [0.3, 0.4) is 0 Å². The van der Waals surface area contributed by atoms with E-state index in [9.17, 15) is 13.2 Å². The number of nitrogens with one attached hydrogen (secondary N) is 1. The summed E-state index contributed by atoms with van der Waals surface area (Å²) in [6.07, 6.45) is -4.72. The quantitative estimate of drug-likeness (QED) is 0.818. The monoisotopic (exact) mass is 328 g/mol. The first-order valence-corrected chi connectivity index (χ1v) is 5.51. The average molecular weight is 329 g/mol. The van der Waals surface area contributed by atoms with Crippen LogP contribution in [0.5, 0.6) is 5.75 Å². The molecule has 3 nitrogen and oxygen atoms in total. The van der Waals surface area contributed by atoms with E-state index in [0.29, 0.717) is 15.7 Å². The molecule has 1 aromatic carbocycles. The lowest BCUT2D eigenvalue weighted by atomic mass is 10.2. The van der Waals surface area contributed by atoms with Gasteiger partial charge in [-0.2, -0.15) is 0 Å². The summed E-state index contributed by atoms with van der Waals surface area (Å²) >= 11 is 7.76. The van der Waals surface area contributed by atoms with Crippen molar-refractivity contribution >= 4 is 38.9 Å². The number of aryl methyl sites for hydroxylation is 1. The molecule has 17 heavy (non-hydrogen) atoms. The van der Waals surface area contributed by atoms with Gasteiger partial charge in [-0.05, 0) is 52.8 Å². The number of nitrogens with two attached hydrogens (primary N) is 1. The van der Waals surface area contributed by atoms with Crippen LogP contribution >= 0.6 is 28.1 Å². The van der Waals surface area contributed by atoms with Crippen molar-refractivity contribution in [3.8, 4) is 5.75 Å². The zero-order valence-corrected chi connectivity index (χ0v) is 11.0. The van der Waals surface area contributed by atoms with E-state index in [0.717, 1.165) is 0 Å². The van der Waals surface area contributed by atoms with Crippen LogP contribution in [0, 0.1) is 6.92 Å². The SMILES string of the molecule is Cc1cc(OC(F)(F)F)cc(Br)c1NC(N)=S. The number of benzene rings is 1. The van der Waals surface area contributed by atoms with Gasteiger partial charge in [-0.3, -0.25) is 0 Å². The molecule has 0 aromatic heterocycles. The largest absolute Gasteiger partial charge is 0.573 e. The Morgan fingerprint density at radius 3 is 2.47 bits per heavy atom. The lowest BCUT2D eigenvalue weighted by molar-refractivity contribution is -0.274. The van der Waals surface area contributed by atoms with Gasteiger partial charge in [0.05, 0.1) is 5.69 Å². The topological polar surface area (TPSA) is 47.3 Å². The minimum Gasteiger partial charge on any atom is -0.406 e. The van der Waals surface area contributed by atoms with Crippen LogP contribution in [0.25, 0.3) is 0 Å². The molecule has 0 spiro atoms. The molecule has 0 heterocycles. The van der Waals surface area contributed by atoms with E-state index in [1.165, 1.54) is 12.1 Å². The number of hydrogen-bond acceptors (Lipinski definition) is 2. The molecule has 0 fully saturated rings. The summed E-state index contributed by atoms with van der Waals surface area (Å²) in [5.74, 6) is -0.310. The number of hydrogen-bond donors (Lipinski definition) is 2. The fourth-order valence-electron chi connectivity index (χ4n) is 1.19. The van der Waals surface area contributed by atoms with Gasteiger partial charge in [0.2, 0.25) is 0 Å². The zero-order chi connectivity index (χ0) is 13.2. The number of anilines is 1. The van der Waals surface area contributed by atoms with Gasteiger partial charge in [-0.1, -0.05) is 0 Å². The second-order valence-electron chi connectivity index (χ2n) is 3.13. The Hall–Kier alpha value is -1.02. The maximum atomic E-state index is 12.0. The lowest BCUT2D eigenvalue weighted by Gasteiger charge is -2.14. The predicted molar refractivity (Wildman–Crippen MR) is 66.0 cm³/mol. The Bertz CT molecular complexity index is 427. The van der Waals surface area contributed by atoms with Crippen molar-refractivity contribution in [3.05, 3.63) is 22.2 Å². The number of ether oxygens (including phenoxy) is 1. The molecule has 0 radical (unpaired) electrons. The molecule has 0 aliphatic heterocycles. The van der Waals surface area contributed by atoms with Crippen LogP contribution in [0.2, 0.25) is 0 Å². The third-order valence-electron chi connectivity index (χ3n) is 1.74. The molecule has 94 valence electrons. The van der Waals surface area contributed by atoms with Crippen LogP contribution < -0.4 is 15.8 Å². The molecule has 0 bridgehead atoms. The van der Waals surface area contributed by atoms with Crippen LogP contribution in [0.1, 0.15) is 5.56 Å². The Balaban J connectivity index is 3.05. The molecule has 3 N–H and O–H groups in total. The standard InChI is InChI=1S/C9H8BrF3N2OS/c1-4-2-5(16-9(11,12)13)3-6(10)7(4)15-8(14)17/h2-3H,1H3,(H3,14,15,17). The van der Waals surface area contributed by atoms with E-state index < -0.39 is 6.36 Å². The molecule has 0 aliphatic carbocycles. The average Bonchev–Trinajstić information content (AvgIpc) is 2.08. The maximum absolute atomic E-state index is 12.0. The molecule has 8 heteroatoms. The highest BCUT2D eigenvalue weighted by Crippen LogP contribution is 2.33. The van der Waals surface area contributed by atoms with E-state index >= 15 is 0 Å². The van der Waals surface area contributed by atoms with Crippen molar-refractivity contribution in [2.75, 3.05) is 5.32 Å². The summed E-state index contributed by atoms with van der Waals surface area (Å²) in [6.45, 7) is 1.61. The molecule has 1 rings (SSSR count). The first kappa shape index (κ1) is 14.0. The van der Waals surface area contributed by atoms with Gasteiger partial charge in [0, 0.05) is 4.47 Å². The summed E-state index contributed by atoms with van der Waals surface area (Å²) in [7, 11) is 0. The number of halogens is 4. The summed E-state index contributed by atoms with van der Waals surface area (Å²) in [6, 6.07) is 2.42. The smallest absolute Gasteiger partial charge is 0.406 e. The number of thiocarbonyl (C=S) groups is 1. The van der Waals surface area contributed by atoms with Crippen molar-refractivity contribution in [1.82, 2.24) is 0 Å². The van der Waals surface area contributed by atoms with Crippen molar-refractivity contribution in [1.29, 1.82) is 0 Å². The summed E-state index contributed by atoms with van der Waals surface area (Å²) < 4.78 is 40.2. The number of rotatable bonds is 2. The van der Waals surface area contributed by atoms with Gasteiger partial charge in [-0.15, -0.1) is 13.2 Å². The van der Waals surface area contributed by atoms with E-state index in [1.807, 2.05) is 0 Å². The van der Waals surface area contributed by atoms with E-state index in [-0.39, 0.29) is 10.9 Å². The maximum Gasteiger partial charge on any atom is 0.573 e. The first-order chi connectivity index (χ1) is 7.69. The van der Waals surface area contributed by atoms with Crippen LogP contribution in [0.4, 0.5) is 18.9 Å². The van der Waals surface area contributed by atoms with Gasteiger partial charge in [0.25, 0.3) is 0 Å². The molecular formula is C9H8BrF3N2OS. The van der Waals surface area contributed by atoms with E-state index in [2.05, 4.69) is 38.2 Å². The lowest BCUT2D eigenvalue weighted by Crippen LogP contribution is -2.20. The first-order valence-electron chi connectivity index (χ1n) is 4.31. The number of alkyl halides is 3. The fourth-order valence-corrected chi connectivity index (χ4v) is 1.93. The molecule has 0 amide bonds. The molecule has 0 atom stereocenters. The van der Waals surface area contributed by atoms with Gasteiger partial charge < -0.3 is 15.8 Å². The second-order valence-corrected chi connectivity index (χ2v) is 4.43. The molecule has 1 aromatic rings. The van der Waals surface area contributed by atoms with Crippen LogP contribution in [0.15, 0.2) is 16.6 Å². The summed E-state index contributed by atoms with van der Waals surface area (Å²) in [4.78, 5) is 0. The fraction of sp³-hybridized carbons (Fsp3) is 0.222. The highest BCUT2D eigenvalue weighted by Gasteiger charge is 2.31. The Kier molecular flexibility index (Phi) is 4.21. The molecule has 0 unspecified atom stereocenters. The molecular weight excluding hydrogens is 321 g/mol. The summed E-state index contributed by atoms with van der Waals surface area (Å²) in [5, 5.41) is 2.68. The summed E-state index contributed by atoms with van der Waals surface area (Å²) in [5.41, 5.74) is 6.32. The van der Waals surface area contributed by atoms with Gasteiger partial charge in [0.15, 0.2) is 5.11 Å². The highest BCUT2D eigenvalue weighted by molar-refractivity contribution is 9.10. The van der Waals surface area contributed by atoms with Gasteiger partial charge in [-0.25, -0.2) is 0 Å². The second kappa shape index (κ2) is 5.09. The molecule has 0 saturated heterocycles. The molecule has 0 saturated carbocycles. The minimum atomic E-state index is -4.72. The minimum absolute atomic E-state index is 0.0262. The van der Waals surface area contributed by atoms with Crippen molar-refractivity contribution in [2.45, 2.75) is 13.3 Å². The van der Waals surface area contributed by atoms with Crippen molar-refractivity contribution in [2.24, 2.45) is 5.73 Å². The third kappa shape index (κ3) is 4.39. The van der Waals surface area contributed by atoms with E-state index in [4.69, 9.17) is 5.73 Å². The Morgan fingerprint density at radius 2 is 2.06 bits per heavy atom. The highest BCUT2D eigenvalue weighted by atomic mass is 79.9. The van der Waals surface area contributed by atoms with Gasteiger partial charge >= 0.3 is 6.36 Å². The predicted octanol–water partition coefficient (Wildman–Crippen LogP) is 3.31. The van der Waals surface area contributed by atoms with Crippen molar-refractivity contribution < 1.29 is 17.9 Å². The Morgan fingerprint density at radius 1 is 1.47 bits per heavy atom. The molecule has 0 aliphatic rings. The van der Waals surface area contributed by atoms with Crippen LogP contribution in [-0.4, -0.2) is 11.5 Å². The van der Waals surface area contributed by atoms with Crippen molar-refractivity contribution in [3.63, 3.8) is 0 Å². The van der Waals surface area contributed by atoms with Gasteiger partial charge in [0.1, 0.15) is 5.75 Å². The van der Waals surface area contributed by atoms with Crippen LogP contribution in [-0.2, 0) is 0 Å². The normalized spacial score (nSPS) is 11.1. The van der Waals surface area contributed by atoms with E-state index in [1.54, 1.807) is 6.92 Å². The zero-order valence-electron chi connectivity index (χ0n) is 8.56. The third-order valence-corrected chi connectivity index (χ3v) is 2.47. The Labute approximate surface area is 109 Å².